The van der Waals surface area contributed by atoms with Gasteiger partial charge in [0.15, 0.2) is 0 Å². The van der Waals surface area contributed by atoms with Crippen molar-refractivity contribution >= 4 is 40.3 Å². The highest BCUT2D eigenvalue weighted by molar-refractivity contribution is 9.10. The molecular formula is C11H13BrClNO5. The Morgan fingerprint density at radius 3 is 2.53 bits per heavy atom. The number of phenolic OH excluding ortho intramolecular Hbond substituents is 1. The summed E-state index contributed by atoms with van der Waals surface area (Å²) in [5.74, 6) is -2.10. The molecule has 0 fully saturated rings. The molecule has 1 rings (SSSR count). The second kappa shape index (κ2) is 7.32. The van der Waals surface area contributed by atoms with Gasteiger partial charge in [-0.05, 0) is 28.1 Å². The Hall–Kier alpha value is -1.31. The van der Waals surface area contributed by atoms with Crippen LogP contribution in [0.15, 0.2) is 16.6 Å². The van der Waals surface area contributed by atoms with Crippen LogP contribution in [-0.2, 0) is 9.53 Å². The van der Waals surface area contributed by atoms with Crippen LogP contribution in [0.1, 0.15) is 28.4 Å². The number of aromatic carboxylic acids is 1. The number of phenols is 1. The van der Waals surface area contributed by atoms with Crippen LogP contribution in [0.4, 0.5) is 0 Å². The van der Waals surface area contributed by atoms with Gasteiger partial charge in [0.05, 0.1) is 23.6 Å². The number of carbonyl (C=O) groups excluding carboxylic acids is 1. The topological polar surface area (TPSA) is 110 Å². The zero-order chi connectivity index (χ0) is 13.9. The van der Waals surface area contributed by atoms with Crippen molar-refractivity contribution in [3.63, 3.8) is 0 Å². The number of hydrogen-bond acceptors (Lipinski definition) is 5. The van der Waals surface area contributed by atoms with E-state index in [2.05, 4.69) is 20.7 Å². The average molecular weight is 355 g/mol. The van der Waals surface area contributed by atoms with Crippen LogP contribution in [0.2, 0.25) is 0 Å². The lowest BCUT2D eigenvalue weighted by molar-refractivity contribution is -0.141. The lowest BCUT2D eigenvalue weighted by Crippen LogP contribution is -2.19. The van der Waals surface area contributed by atoms with Gasteiger partial charge in [-0.15, -0.1) is 12.4 Å². The first-order valence-electron chi connectivity index (χ1n) is 4.95. The van der Waals surface area contributed by atoms with Gasteiger partial charge in [-0.3, -0.25) is 4.79 Å². The minimum atomic E-state index is -1.23. The summed E-state index contributed by atoms with van der Waals surface area (Å²) in [5, 5.41) is 18.9. The maximum Gasteiger partial charge on any atom is 0.336 e. The van der Waals surface area contributed by atoms with Crippen molar-refractivity contribution in [3.8, 4) is 5.75 Å². The molecule has 1 aromatic rings. The Kier molecular flexibility index (Phi) is 6.82. The van der Waals surface area contributed by atoms with E-state index in [0.717, 1.165) is 0 Å². The van der Waals surface area contributed by atoms with Gasteiger partial charge >= 0.3 is 11.9 Å². The zero-order valence-corrected chi connectivity index (χ0v) is 12.3. The third-order valence-corrected chi connectivity index (χ3v) is 3.02. The minimum Gasteiger partial charge on any atom is -0.506 e. The highest BCUT2D eigenvalue weighted by Gasteiger charge is 2.23. The molecule has 106 valence electrons. The van der Waals surface area contributed by atoms with E-state index in [1.54, 1.807) is 0 Å². The standard InChI is InChI=1S/C11H12BrNO5.ClH/c1-18-8(14)4-7(13)9-5(11(16)17)2-3-6(12)10(9)15;/h2-3,7,15H,4,13H2,1H3,(H,16,17);1H/t7-;/m0./s1. The SMILES string of the molecule is COC(=O)C[C@H](N)c1c(C(=O)O)ccc(Br)c1O.Cl. The number of carboxylic acids is 1. The zero-order valence-electron chi connectivity index (χ0n) is 9.92. The summed E-state index contributed by atoms with van der Waals surface area (Å²) in [6, 6.07) is 1.74. The van der Waals surface area contributed by atoms with Crippen LogP contribution < -0.4 is 5.73 Å². The summed E-state index contributed by atoms with van der Waals surface area (Å²) in [6.07, 6.45) is -0.221. The Labute approximate surface area is 124 Å². The van der Waals surface area contributed by atoms with E-state index in [9.17, 15) is 14.7 Å². The summed E-state index contributed by atoms with van der Waals surface area (Å²) in [7, 11) is 1.20. The number of hydrogen-bond donors (Lipinski definition) is 3. The molecule has 1 aromatic carbocycles. The Morgan fingerprint density at radius 2 is 2.05 bits per heavy atom. The van der Waals surface area contributed by atoms with Gasteiger partial charge in [0.2, 0.25) is 0 Å². The van der Waals surface area contributed by atoms with Gasteiger partial charge in [-0.2, -0.15) is 0 Å². The summed E-state index contributed by atoms with van der Waals surface area (Å²) < 4.78 is 4.76. The van der Waals surface area contributed by atoms with Gasteiger partial charge in [-0.25, -0.2) is 4.79 Å². The third-order valence-electron chi connectivity index (χ3n) is 2.38. The number of esters is 1. The molecule has 0 heterocycles. The average Bonchev–Trinajstić information content (AvgIpc) is 2.31. The van der Waals surface area contributed by atoms with E-state index < -0.39 is 18.0 Å². The number of methoxy groups -OCH3 is 1. The van der Waals surface area contributed by atoms with Gasteiger partial charge in [0, 0.05) is 11.6 Å². The highest BCUT2D eigenvalue weighted by Crippen LogP contribution is 2.35. The van der Waals surface area contributed by atoms with Crippen molar-refractivity contribution in [1.82, 2.24) is 0 Å². The Balaban J connectivity index is 0.00000324. The van der Waals surface area contributed by atoms with Crippen molar-refractivity contribution in [2.45, 2.75) is 12.5 Å². The molecule has 0 saturated carbocycles. The van der Waals surface area contributed by atoms with E-state index in [0.29, 0.717) is 4.47 Å². The molecule has 6 nitrogen and oxygen atoms in total. The maximum atomic E-state index is 11.1. The molecule has 8 heteroatoms. The molecule has 0 aliphatic carbocycles. The van der Waals surface area contributed by atoms with E-state index in [1.807, 2.05) is 0 Å². The lowest BCUT2D eigenvalue weighted by atomic mass is 9.97. The second-order valence-electron chi connectivity index (χ2n) is 3.55. The van der Waals surface area contributed by atoms with Crippen LogP contribution >= 0.6 is 28.3 Å². The number of benzene rings is 1. The third kappa shape index (κ3) is 4.09. The normalized spacial score (nSPS) is 11.3. The number of rotatable bonds is 4. The van der Waals surface area contributed by atoms with E-state index >= 15 is 0 Å². The van der Waals surface area contributed by atoms with E-state index in [4.69, 9.17) is 10.8 Å². The van der Waals surface area contributed by atoms with E-state index in [-0.39, 0.29) is 35.7 Å². The summed E-state index contributed by atoms with van der Waals surface area (Å²) in [5.41, 5.74) is 5.59. The van der Waals surface area contributed by atoms with Gasteiger partial charge in [-0.1, -0.05) is 0 Å². The first-order valence-corrected chi connectivity index (χ1v) is 5.74. The van der Waals surface area contributed by atoms with Crippen molar-refractivity contribution in [1.29, 1.82) is 0 Å². The fourth-order valence-electron chi connectivity index (χ4n) is 1.51. The minimum absolute atomic E-state index is 0. The molecule has 0 radical (unpaired) electrons. The fourth-order valence-corrected chi connectivity index (χ4v) is 1.85. The van der Waals surface area contributed by atoms with Crippen molar-refractivity contribution in [2.24, 2.45) is 5.73 Å². The van der Waals surface area contributed by atoms with Gasteiger partial charge in [0.25, 0.3) is 0 Å². The van der Waals surface area contributed by atoms with Crippen molar-refractivity contribution < 1.29 is 24.5 Å². The molecule has 0 spiro atoms. The van der Waals surface area contributed by atoms with Gasteiger partial charge < -0.3 is 20.7 Å². The fraction of sp³-hybridized carbons (Fsp3) is 0.273. The first kappa shape index (κ1) is 17.7. The number of carboxylic acid groups (broad SMARTS) is 1. The summed E-state index contributed by atoms with van der Waals surface area (Å²) in [6.45, 7) is 0. The summed E-state index contributed by atoms with van der Waals surface area (Å²) in [4.78, 5) is 22.2. The van der Waals surface area contributed by atoms with Gasteiger partial charge in [0.1, 0.15) is 5.75 Å². The van der Waals surface area contributed by atoms with Crippen LogP contribution in [0.25, 0.3) is 0 Å². The number of nitrogens with two attached hydrogens (primary N) is 1. The number of ether oxygens (including phenoxy) is 1. The predicted octanol–water partition coefficient (Wildman–Crippen LogP) is 1.84. The molecule has 0 amide bonds. The first-order chi connectivity index (χ1) is 8.38. The molecule has 0 aromatic heterocycles. The quantitative estimate of drug-likeness (QED) is 0.712. The van der Waals surface area contributed by atoms with E-state index in [1.165, 1.54) is 19.2 Å². The smallest absolute Gasteiger partial charge is 0.336 e. The molecule has 0 unspecified atom stereocenters. The molecule has 0 aliphatic heterocycles. The predicted molar refractivity (Wildman–Crippen MR) is 73.6 cm³/mol. The maximum absolute atomic E-state index is 11.1. The second-order valence-corrected chi connectivity index (χ2v) is 4.40. The molecule has 0 aliphatic rings. The molecule has 0 bridgehead atoms. The summed E-state index contributed by atoms with van der Waals surface area (Å²) >= 11 is 3.07. The van der Waals surface area contributed by atoms with Crippen LogP contribution in [0, 0.1) is 0 Å². The van der Waals surface area contributed by atoms with Crippen LogP contribution in [0.3, 0.4) is 0 Å². The number of halogens is 2. The molecule has 19 heavy (non-hydrogen) atoms. The highest BCUT2D eigenvalue weighted by atomic mass is 79.9. The van der Waals surface area contributed by atoms with Crippen LogP contribution in [0.5, 0.6) is 5.75 Å². The monoisotopic (exact) mass is 353 g/mol. The Morgan fingerprint density at radius 1 is 1.47 bits per heavy atom. The lowest BCUT2D eigenvalue weighted by Gasteiger charge is -2.16. The van der Waals surface area contributed by atoms with Crippen molar-refractivity contribution in [2.75, 3.05) is 7.11 Å². The van der Waals surface area contributed by atoms with Crippen LogP contribution in [-0.4, -0.2) is 29.3 Å². The number of carbonyl (C=O) groups is 2. The largest absolute Gasteiger partial charge is 0.506 e. The molecule has 0 saturated heterocycles. The number of aromatic hydroxyl groups is 1. The Bertz CT molecular complexity index is 494. The van der Waals surface area contributed by atoms with Crippen molar-refractivity contribution in [3.05, 3.63) is 27.7 Å². The molecular weight excluding hydrogens is 341 g/mol. The molecule has 4 N–H and O–H groups in total. The molecule has 1 atom stereocenters.